The maximum Gasteiger partial charge on any atom is 0.418 e. The molecule has 69 valence electrons. The van der Waals surface area contributed by atoms with Gasteiger partial charge >= 0.3 is 6.47 Å². The fourth-order valence-corrected chi connectivity index (χ4v) is 2.01. The number of ether oxygens (including phenoxy) is 1. The quantitative estimate of drug-likeness (QED) is 0.632. The fraction of sp³-hybridized carbons (Fsp3) is 0.900. The average Bonchev–Trinajstić information content (AvgIpc) is 2.51. The zero-order valence-electron chi connectivity index (χ0n) is 7.77. The lowest BCUT2D eigenvalue weighted by Crippen LogP contribution is -2.28. The molecule has 12 heavy (non-hydrogen) atoms. The summed E-state index contributed by atoms with van der Waals surface area (Å²) in [7, 11) is 0. The maximum absolute atomic E-state index is 10.2. The van der Waals surface area contributed by atoms with Gasteiger partial charge in [-0.2, -0.15) is 0 Å². The molecule has 1 radical (unpaired) electrons. The van der Waals surface area contributed by atoms with Gasteiger partial charge in [-0.25, -0.2) is 4.79 Å². The van der Waals surface area contributed by atoms with Crippen LogP contribution in [0.3, 0.4) is 0 Å². The SMILES string of the molecule is CCCCC1(O[C]=O)CCCC1. The van der Waals surface area contributed by atoms with Crippen LogP contribution < -0.4 is 0 Å². The monoisotopic (exact) mass is 169 g/mol. The van der Waals surface area contributed by atoms with Crippen molar-refractivity contribution in [1.29, 1.82) is 0 Å². The van der Waals surface area contributed by atoms with Gasteiger partial charge in [0.05, 0.1) is 0 Å². The van der Waals surface area contributed by atoms with E-state index in [2.05, 4.69) is 6.92 Å². The summed E-state index contributed by atoms with van der Waals surface area (Å²) >= 11 is 0. The Hall–Kier alpha value is -0.530. The molecule has 0 aromatic rings. The normalized spacial score (nSPS) is 20.8. The molecular weight excluding hydrogens is 152 g/mol. The van der Waals surface area contributed by atoms with Crippen molar-refractivity contribution in [3.63, 3.8) is 0 Å². The molecule has 0 aromatic carbocycles. The summed E-state index contributed by atoms with van der Waals surface area (Å²) in [4.78, 5) is 10.2. The van der Waals surface area contributed by atoms with Gasteiger partial charge in [0, 0.05) is 0 Å². The number of carbonyl (C=O) groups excluding carboxylic acids is 1. The van der Waals surface area contributed by atoms with Gasteiger partial charge in [0.1, 0.15) is 5.60 Å². The highest BCUT2D eigenvalue weighted by atomic mass is 16.5. The number of unbranched alkanes of at least 4 members (excludes halogenated alkanes) is 1. The molecule has 0 bridgehead atoms. The molecule has 1 aliphatic carbocycles. The van der Waals surface area contributed by atoms with Crippen molar-refractivity contribution in [3.8, 4) is 0 Å². The Labute approximate surface area is 74.3 Å². The van der Waals surface area contributed by atoms with Gasteiger partial charge in [-0.1, -0.05) is 13.3 Å². The van der Waals surface area contributed by atoms with Crippen molar-refractivity contribution in [3.05, 3.63) is 0 Å². The van der Waals surface area contributed by atoms with E-state index in [-0.39, 0.29) is 5.60 Å². The van der Waals surface area contributed by atoms with Gasteiger partial charge in [0.15, 0.2) is 0 Å². The Morgan fingerprint density at radius 3 is 2.58 bits per heavy atom. The second-order valence-corrected chi connectivity index (χ2v) is 3.68. The second kappa shape index (κ2) is 4.48. The summed E-state index contributed by atoms with van der Waals surface area (Å²) in [5.41, 5.74) is -0.127. The summed E-state index contributed by atoms with van der Waals surface area (Å²) in [6.07, 6.45) is 7.84. The molecule has 2 heteroatoms. The van der Waals surface area contributed by atoms with E-state index in [0.717, 1.165) is 25.7 Å². The molecule has 0 N–H and O–H groups in total. The van der Waals surface area contributed by atoms with Crippen LogP contribution in [0.1, 0.15) is 51.9 Å². The summed E-state index contributed by atoms with van der Waals surface area (Å²) in [6.45, 7) is 3.77. The molecule has 2 nitrogen and oxygen atoms in total. The minimum absolute atomic E-state index is 0.127. The van der Waals surface area contributed by atoms with E-state index < -0.39 is 0 Å². The first-order valence-corrected chi connectivity index (χ1v) is 4.88. The minimum Gasteiger partial charge on any atom is -0.451 e. The molecule has 0 unspecified atom stereocenters. The van der Waals surface area contributed by atoms with Gasteiger partial charge in [0.25, 0.3) is 0 Å². The summed E-state index contributed by atoms with van der Waals surface area (Å²) in [5, 5.41) is 0. The molecule has 0 spiro atoms. The smallest absolute Gasteiger partial charge is 0.418 e. The van der Waals surface area contributed by atoms with Crippen molar-refractivity contribution in [2.24, 2.45) is 0 Å². The topological polar surface area (TPSA) is 26.3 Å². The van der Waals surface area contributed by atoms with Gasteiger partial charge in [0.2, 0.25) is 0 Å². The molecule has 1 rings (SSSR count). The lowest BCUT2D eigenvalue weighted by Gasteiger charge is -2.25. The Bertz CT molecular complexity index is 137. The average molecular weight is 169 g/mol. The van der Waals surface area contributed by atoms with Crippen molar-refractivity contribution in [2.75, 3.05) is 0 Å². The van der Waals surface area contributed by atoms with Crippen molar-refractivity contribution >= 4 is 6.47 Å². The van der Waals surface area contributed by atoms with Crippen LogP contribution in [0.4, 0.5) is 0 Å². The van der Waals surface area contributed by atoms with Crippen LogP contribution in [0.25, 0.3) is 0 Å². The van der Waals surface area contributed by atoms with Crippen LogP contribution >= 0.6 is 0 Å². The van der Waals surface area contributed by atoms with E-state index in [0.29, 0.717) is 0 Å². The molecule has 0 aromatic heterocycles. The van der Waals surface area contributed by atoms with Crippen LogP contribution in [-0.2, 0) is 9.53 Å². The van der Waals surface area contributed by atoms with Gasteiger partial charge in [-0.3, -0.25) is 0 Å². The molecular formula is C10H17O2. The molecule has 0 saturated heterocycles. The standard InChI is InChI=1S/C10H17O2/c1-2-3-6-10(12-9-11)7-4-5-8-10/h2-8H2,1H3. The molecule has 0 aliphatic heterocycles. The van der Waals surface area contributed by atoms with Gasteiger partial charge in [-0.15, -0.1) is 0 Å². The summed E-state index contributed by atoms with van der Waals surface area (Å²) in [6, 6.07) is 0. The van der Waals surface area contributed by atoms with Crippen LogP contribution in [0.5, 0.6) is 0 Å². The first kappa shape index (κ1) is 9.56. The Kier molecular flexibility index (Phi) is 3.57. The van der Waals surface area contributed by atoms with Crippen molar-refractivity contribution in [1.82, 2.24) is 0 Å². The minimum atomic E-state index is -0.127. The largest absolute Gasteiger partial charge is 0.451 e. The molecule has 1 aliphatic rings. The predicted octanol–water partition coefficient (Wildman–Crippen LogP) is 2.57. The van der Waals surface area contributed by atoms with Gasteiger partial charge in [-0.05, 0) is 38.5 Å². The fourth-order valence-electron chi connectivity index (χ4n) is 2.01. The second-order valence-electron chi connectivity index (χ2n) is 3.68. The van der Waals surface area contributed by atoms with Crippen LogP contribution in [0.2, 0.25) is 0 Å². The Morgan fingerprint density at radius 1 is 1.42 bits per heavy atom. The zero-order chi connectivity index (χ0) is 8.86. The number of hydrogen-bond acceptors (Lipinski definition) is 2. The van der Waals surface area contributed by atoms with E-state index >= 15 is 0 Å². The highest BCUT2D eigenvalue weighted by Gasteiger charge is 2.34. The third-order valence-electron chi connectivity index (χ3n) is 2.76. The zero-order valence-corrected chi connectivity index (χ0v) is 7.77. The number of rotatable bonds is 5. The van der Waals surface area contributed by atoms with Crippen LogP contribution in [0.15, 0.2) is 0 Å². The molecule has 1 saturated carbocycles. The summed E-state index contributed by atoms with van der Waals surface area (Å²) in [5.74, 6) is 0. The lowest BCUT2D eigenvalue weighted by molar-refractivity contribution is 0.0471. The highest BCUT2D eigenvalue weighted by molar-refractivity contribution is 5.39. The predicted molar refractivity (Wildman–Crippen MR) is 47.5 cm³/mol. The highest BCUT2D eigenvalue weighted by Crippen LogP contribution is 2.36. The van der Waals surface area contributed by atoms with E-state index in [9.17, 15) is 4.79 Å². The molecule has 0 heterocycles. The molecule has 0 amide bonds. The Morgan fingerprint density at radius 2 is 2.08 bits per heavy atom. The molecule has 0 atom stereocenters. The summed E-state index contributed by atoms with van der Waals surface area (Å²) < 4.78 is 5.09. The molecule has 1 fully saturated rings. The lowest BCUT2D eigenvalue weighted by atomic mass is 9.95. The Balaban J connectivity index is 2.40. The van der Waals surface area contributed by atoms with E-state index in [1.54, 1.807) is 6.47 Å². The first-order chi connectivity index (χ1) is 5.83. The van der Waals surface area contributed by atoms with Crippen LogP contribution in [0, 0.1) is 0 Å². The van der Waals surface area contributed by atoms with Gasteiger partial charge < -0.3 is 4.74 Å². The maximum atomic E-state index is 10.2. The van der Waals surface area contributed by atoms with Crippen LogP contribution in [-0.4, -0.2) is 12.1 Å². The van der Waals surface area contributed by atoms with E-state index in [1.807, 2.05) is 0 Å². The van der Waals surface area contributed by atoms with E-state index in [1.165, 1.54) is 19.3 Å². The third kappa shape index (κ3) is 2.23. The first-order valence-electron chi connectivity index (χ1n) is 4.88. The number of hydrogen-bond donors (Lipinski definition) is 0. The van der Waals surface area contributed by atoms with Crippen molar-refractivity contribution in [2.45, 2.75) is 57.5 Å². The van der Waals surface area contributed by atoms with Crippen molar-refractivity contribution < 1.29 is 9.53 Å². The van der Waals surface area contributed by atoms with E-state index in [4.69, 9.17) is 4.74 Å². The third-order valence-corrected chi connectivity index (χ3v) is 2.76.